The third kappa shape index (κ3) is 3.38. The highest BCUT2D eigenvalue weighted by Crippen LogP contribution is 2.54. The molecule has 2 aliphatic rings. The first kappa shape index (κ1) is 17.5. The highest BCUT2D eigenvalue weighted by atomic mass is 16.1. The number of fused-ring (bicyclic) bond motifs is 4. The van der Waals surface area contributed by atoms with Crippen LogP contribution in [0.4, 0.5) is 5.69 Å². The van der Waals surface area contributed by atoms with Crippen LogP contribution < -0.4 is 4.90 Å². The largest absolute Gasteiger partial charge is 0.372 e. The first-order valence-electron chi connectivity index (χ1n) is 10.2. The number of carbonyl (C=O) groups is 1. The van der Waals surface area contributed by atoms with Crippen LogP contribution in [-0.2, 0) is 4.79 Å². The third-order valence-corrected chi connectivity index (χ3v) is 6.12. The minimum absolute atomic E-state index is 0.177. The lowest BCUT2D eigenvalue weighted by Gasteiger charge is -2.42. The van der Waals surface area contributed by atoms with Crippen LogP contribution in [0.2, 0.25) is 0 Å². The summed E-state index contributed by atoms with van der Waals surface area (Å²) < 4.78 is 0. The van der Waals surface area contributed by atoms with Crippen LogP contribution >= 0.6 is 0 Å². The van der Waals surface area contributed by atoms with Crippen LogP contribution in [0.25, 0.3) is 0 Å². The molecule has 2 heteroatoms. The molecule has 2 atom stereocenters. The number of ketones is 1. The molecule has 3 rings (SSSR count). The Balaban J connectivity index is 1.89. The van der Waals surface area contributed by atoms with Crippen LogP contribution in [-0.4, -0.2) is 18.9 Å². The Bertz CT molecular complexity index is 561. The number of hydrogen-bond donors (Lipinski definition) is 0. The lowest BCUT2D eigenvalue weighted by atomic mass is 9.62. The summed E-state index contributed by atoms with van der Waals surface area (Å²) in [6, 6.07) is 6.71. The normalized spacial score (nSPS) is 24.8. The van der Waals surface area contributed by atoms with Crippen LogP contribution in [0.1, 0.15) is 94.6 Å². The molecule has 2 aliphatic carbocycles. The summed E-state index contributed by atoms with van der Waals surface area (Å²) in [5.41, 5.74) is 4.15. The molecule has 0 aromatic heterocycles. The summed E-state index contributed by atoms with van der Waals surface area (Å²) in [5, 5.41) is 0. The molecule has 0 spiro atoms. The molecule has 2 unspecified atom stereocenters. The van der Waals surface area contributed by atoms with Crippen molar-refractivity contribution in [2.75, 3.05) is 18.0 Å². The van der Waals surface area contributed by atoms with Crippen LogP contribution in [0.5, 0.6) is 0 Å². The maximum atomic E-state index is 13.0. The minimum Gasteiger partial charge on any atom is -0.372 e. The van der Waals surface area contributed by atoms with E-state index in [2.05, 4.69) is 36.9 Å². The van der Waals surface area contributed by atoms with Crippen molar-refractivity contribution in [3.63, 3.8) is 0 Å². The maximum Gasteiger partial charge on any atom is 0.141 e. The van der Waals surface area contributed by atoms with Crippen molar-refractivity contribution in [2.24, 2.45) is 0 Å². The Morgan fingerprint density at radius 2 is 1.62 bits per heavy atom. The fourth-order valence-corrected chi connectivity index (χ4v) is 4.77. The van der Waals surface area contributed by atoms with Gasteiger partial charge in [0.15, 0.2) is 0 Å². The Kier molecular flexibility index (Phi) is 5.97. The Morgan fingerprint density at radius 3 is 2.33 bits per heavy atom. The van der Waals surface area contributed by atoms with Crippen LogP contribution in [0.15, 0.2) is 18.2 Å². The number of rotatable bonds is 3. The molecule has 1 aromatic rings. The number of Topliss-reactive ketones (excluding diaryl/α,β-unsaturated/α-hetero) is 1. The lowest BCUT2D eigenvalue weighted by Crippen LogP contribution is -2.35. The first-order chi connectivity index (χ1) is 11.8. The molecular weight excluding hydrogens is 294 g/mol. The predicted molar refractivity (Wildman–Crippen MR) is 102 cm³/mol. The molecule has 2 nitrogen and oxygen atoms in total. The molecular formula is C22H33NO. The Hall–Kier alpha value is -1.31. The molecule has 0 N–H and O–H groups in total. The van der Waals surface area contributed by atoms with E-state index in [-0.39, 0.29) is 5.92 Å². The second kappa shape index (κ2) is 8.18. The van der Waals surface area contributed by atoms with Gasteiger partial charge in [0.05, 0.1) is 5.92 Å². The van der Waals surface area contributed by atoms with Crippen molar-refractivity contribution in [1.82, 2.24) is 0 Å². The molecule has 1 saturated carbocycles. The van der Waals surface area contributed by atoms with Crippen molar-refractivity contribution in [2.45, 2.75) is 83.5 Å². The van der Waals surface area contributed by atoms with E-state index >= 15 is 0 Å². The zero-order valence-corrected chi connectivity index (χ0v) is 15.5. The van der Waals surface area contributed by atoms with Crippen molar-refractivity contribution >= 4 is 11.5 Å². The topological polar surface area (TPSA) is 20.3 Å². The van der Waals surface area contributed by atoms with E-state index < -0.39 is 0 Å². The molecule has 0 saturated heterocycles. The Morgan fingerprint density at radius 1 is 0.958 bits per heavy atom. The molecule has 132 valence electrons. The molecule has 0 bridgehead atoms. The number of nitrogens with zero attached hydrogens (tertiary/aromatic N) is 1. The van der Waals surface area contributed by atoms with Gasteiger partial charge in [-0.15, -0.1) is 0 Å². The third-order valence-electron chi connectivity index (χ3n) is 6.12. The van der Waals surface area contributed by atoms with Gasteiger partial charge in [-0.25, -0.2) is 0 Å². The smallest absolute Gasteiger partial charge is 0.141 e. The van der Waals surface area contributed by atoms with Crippen LogP contribution in [0.3, 0.4) is 0 Å². The second-order valence-corrected chi connectivity index (χ2v) is 7.52. The zero-order valence-electron chi connectivity index (χ0n) is 15.5. The fraction of sp³-hybridized carbons (Fsp3) is 0.682. The van der Waals surface area contributed by atoms with E-state index in [1.54, 1.807) is 0 Å². The molecule has 0 amide bonds. The van der Waals surface area contributed by atoms with Gasteiger partial charge in [-0.3, -0.25) is 4.79 Å². The number of benzene rings is 1. The monoisotopic (exact) mass is 327 g/mol. The summed E-state index contributed by atoms with van der Waals surface area (Å²) in [7, 11) is 0. The van der Waals surface area contributed by atoms with Gasteiger partial charge in [0.1, 0.15) is 5.78 Å². The van der Waals surface area contributed by atoms with Gasteiger partial charge in [-0.2, -0.15) is 0 Å². The van der Waals surface area contributed by atoms with Crippen molar-refractivity contribution in [1.29, 1.82) is 0 Å². The highest BCUT2D eigenvalue weighted by Gasteiger charge is 2.43. The highest BCUT2D eigenvalue weighted by molar-refractivity contribution is 5.92. The van der Waals surface area contributed by atoms with Gasteiger partial charge >= 0.3 is 0 Å². The quantitative estimate of drug-likeness (QED) is 0.698. The second-order valence-electron chi connectivity index (χ2n) is 7.52. The van der Waals surface area contributed by atoms with Gasteiger partial charge in [0, 0.05) is 25.2 Å². The van der Waals surface area contributed by atoms with E-state index in [1.807, 2.05) is 0 Å². The Labute approximate surface area is 147 Å². The predicted octanol–water partition coefficient (Wildman–Crippen LogP) is 5.81. The fourth-order valence-electron chi connectivity index (χ4n) is 4.77. The maximum absolute atomic E-state index is 13.0. The van der Waals surface area contributed by atoms with Gasteiger partial charge in [-0.1, -0.05) is 50.7 Å². The van der Waals surface area contributed by atoms with Gasteiger partial charge in [0.2, 0.25) is 0 Å². The van der Waals surface area contributed by atoms with E-state index in [0.29, 0.717) is 11.7 Å². The van der Waals surface area contributed by atoms with Gasteiger partial charge in [-0.05, 0) is 49.8 Å². The average Bonchev–Trinajstić information content (AvgIpc) is 2.57. The summed E-state index contributed by atoms with van der Waals surface area (Å²) in [4.78, 5) is 15.4. The molecule has 0 heterocycles. The zero-order chi connectivity index (χ0) is 16.9. The first-order valence-corrected chi connectivity index (χ1v) is 10.2. The van der Waals surface area contributed by atoms with Crippen molar-refractivity contribution in [3.8, 4) is 0 Å². The van der Waals surface area contributed by atoms with E-state index in [4.69, 9.17) is 0 Å². The molecule has 1 fully saturated rings. The van der Waals surface area contributed by atoms with Crippen molar-refractivity contribution in [3.05, 3.63) is 29.3 Å². The SMILES string of the molecule is CCN(CC)c1cccc2c1C1C(=O)CCCCCCCCCC21. The van der Waals surface area contributed by atoms with E-state index in [1.165, 1.54) is 61.8 Å². The summed E-state index contributed by atoms with van der Waals surface area (Å²) in [6.07, 6.45) is 11.0. The van der Waals surface area contributed by atoms with Gasteiger partial charge < -0.3 is 4.90 Å². The van der Waals surface area contributed by atoms with E-state index in [0.717, 1.165) is 25.9 Å². The lowest BCUT2D eigenvalue weighted by molar-refractivity contribution is -0.121. The standard InChI is InChI=1S/C22H33NO/c1-3-23(4-2)19-15-12-14-17-18-13-10-8-6-5-7-9-11-16-20(24)22(18)21(17)19/h12,14-15,18,22H,3-11,13,16H2,1-2H3. The van der Waals surface area contributed by atoms with E-state index in [9.17, 15) is 4.79 Å². The molecule has 0 radical (unpaired) electrons. The number of hydrogen-bond acceptors (Lipinski definition) is 2. The molecule has 1 aromatic carbocycles. The molecule has 0 aliphatic heterocycles. The van der Waals surface area contributed by atoms with Crippen molar-refractivity contribution < 1.29 is 4.79 Å². The summed E-state index contributed by atoms with van der Waals surface area (Å²) in [6.45, 7) is 6.45. The summed E-state index contributed by atoms with van der Waals surface area (Å²) >= 11 is 0. The molecule has 24 heavy (non-hydrogen) atoms. The number of anilines is 1. The minimum atomic E-state index is 0.177. The van der Waals surface area contributed by atoms with Crippen LogP contribution in [0, 0.1) is 0 Å². The number of carbonyl (C=O) groups excluding carboxylic acids is 1. The average molecular weight is 328 g/mol. The summed E-state index contributed by atoms with van der Waals surface area (Å²) in [5.74, 6) is 1.17. The van der Waals surface area contributed by atoms with Gasteiger partial charge in [0.25, 0.3) is 0 Å².